The summed E-state index contributed by atoms with van der Waals surface area (Å²) in [7, 11) is 0. The zero-order valence-electron chi connectivity index (χ0n) is 31.1. The number of Topliss-reactive ketones (excluding diaryl/α,β-unsaturated/α-hetero) is 1. The minimum atomic E-state index is -1.16. The van der Waals surface area contributed by atoms with E-state index in [9.17, 15) is 24.3 Å². The van der Waals surface area contributed by atoms with Crippen LogP contribution in [0, 0.1) is 50.7 Å². The summed E-state index contributed by atoms with van der Waals surface area (Å²) in [5.74, 6) is -0.343. The maximum absolute atomic E-state index is 13.8. The first-order valence-corrected chi connectivity index (χ1v) is 18.9. The van der Waals surface area contributed by atoms with Crippen LogP contribution in [0.3, 0.4) is 0 Å². The molecule has 6 rings (SSSR count). The van der Waals surface area contributed by atoms with E-state index in [-0.39, 0.29) is 64.0 Å². The van der Waals surface area contributed by atoms with Gasteiger partial charge in [-0.3, -0.25) is 14.4 Å². The number of alkyl carbamates (subject to hydrolysis) is 1. The van der Waals surface area contributed by atoms with Gasteiger partial charge in [-0.05, 0) is 124 Å². The number of carboxylic acids is 1. The Balaban J connectivity index is 1.30. The lowest BCUT2D eigenvalue weighted by Gasteiger charge is -2.70. The number of ketones is 1. The lowest BCUT2D eigenvalue weighted by atomic mass is 9.34. The van der Waals surface area contributed by atoms with Gasteiger partial charge in [-0.2, -0.15) is 0 Å². The molecule has 1 amide bonds. The molecule has 0 aromatic carbocycles. The second-order valence-electron chi connectivity index (χ2n) is 19.1. The molecule has 2 N–H and O–H groups in total. The van der Waals surface area contributed by atoms with Crippen molar-refractivity contribution >= 4 is 23.8 Å². The monoisotopic (exact) mass is 667 g/mol. The van der Waals surface area contributed by atoms with Crippen LogP contribution >= 0.6 is 0 Å². The molecule has 3 unspecified atom stereocenters. The van der Waals surface area contributed by atoms with Crippen LogP contribution in [-0.4, -0.2) is 46.7 Å². The summed E-state index contributed by atoms with van der Waals surface area (Å²) in [6.45, 7) is 19.5. The van der Waals surface area contributed by atoms with Crippen molar-refractivity contribution in [3.05, 3.63) is 11.1 Å². The van der Waals surface area contributed by atoms with E-state index < -0.39 is 22.9 Å². The SMILES string of the molecule is CC(C)C1C(=O)C[C@]2(NC(=O)OC3CCC3)CC[C@]3(C)C(=C12)CCC1[C@@]2(C)CC[C@H](OC(=O)CC(C)(C)C(=O)O)C(C)(C)C2CC[C@]13C. The Morgan fingerprint density at radius 1 is 0.917 bits per heavy atom. The molecule has 0 aromatic rings. The zero-order valence-corrected chi connectivity index (χ0v) is 31.1. The number of rotatable bonds is 7. The van der Waals surface area contributed by atoms with Crippen LogP contribution in [-0.2, 0) is 23.9 Å². The molecule has 0 spiro atoms. The predicted molar refractivity (Wildman–Crippen MR) is 183 cm³/mol. The van der Waals surface area contributed by atoms with E-state index in [1.807, 2.05) is 0 Å². The van der Waals surface area contributed by atoms with E-state index in [4.69, 9.17) is 9.47 Å². The molecule has 8 heteroatoms. The van der Waals surface area contributed by atoms with Gasteiger partial charge in [0.25, 0.3) is 0 Å². The first-order chi connectivity index (χ1) is 22.2. The summed E-state index contributed by atoms with van der Waals surface area (Å²) in [6, 6.07) is 0. The van der Waals surface area contributed by atoms with Crippen LogP contribution in [0.1, 0.15) is 146 Å². The summed E-state index contributed by atoms with van der Waals surface area (Å²) < 4.78 is 11.9. The zero-order chi connectivity index (χ0) is 35.2. The minimum absolute atomic E-state index is 0.00548. The van der Waals surface area contributed by atoms with Crippen molar-refractivity contribution in [1.29, 1.82) is 0 Å². The first kappa shape index (κ1) is 35.4. The van der Waals surface area contributed by atoms with E-state index >= 15 is 0 Å². The Labute approximate surface area is 287 Å². The van der Waals surface area contributed by atoms with Crippen molar-refractivity contribution in [2.24, 2.45) is 50.7 Å². The number of amides is 1. The van der Waals surface area contributed by atoms with Gasteiger partial charge in [0.2, 0.25) is 0 Å². The number of carbonyl (C=O) groups is 4. The summed E-state index contributed by atoms with van der Waals surface area (Å²) in [4.78, 5) is 51.9. The molecule has 5 saturated carbocycles. The minimum Gasteiger partial charge on any atom is -0.481 e. The number of fused-ring (bicyclic) bond motifs is 6. The van der Waals surface area contributed by atoms with Crippen LogP contribution in [0.5, 0.6) is 0 Å². The molecule has 0 radical (unpaired) electrons. The van der Waals surface area contributed by atoms with Gasteiger partial charge < -0.3 is 19.9 Å². The van der Waals surface area contributed by atoms with Crippen LogP contribution in [0.2, 0.25) is 0 Å². The Morgan fingerprint density at radius 3 is 2.21 bits per heavy atom. The smallest absolute Gasteiger partial charge is 0.408 e. The molecule has 0 aromatic heterocycles. The molecule has 48 heavy (non-hydrogen) atoms. The number of ether oxygens (including phenoxy) is 2. The normalized spacial score (nSPS) is 40.6. The van der Waals surface area contributed by atoms with Crippen molar-refractivity contribution in [1.82, 2.24) is 5.32 Å². The standard InChI is InChI=1S/C40H61NO7/c1-23(2)31-26(42)21-40(41-34(46)47-24-11-10-12-24)20-19-38(8)25(32(31)40)13-14-28-37(7)17-16-29(48-30(43)22-35(3,4)33(44)45)36(5,6)27(37)15-18-39(28,38)9/h23-24,27-29,31H,10-22H2,1-9H3,(H,41,46)(H,44,45)/t27?,28?,29-,31?,37-,38+,39+,40+/m0/s1. The maximum Gasteiger partial charge on any atom is 0.408 e. The van der Waals surface area contributed by atoms with Crippen molar-refractivity contribution in [2.75, 3.05) is 0 Å². The van der Waals surface area contributed by atoms with Gasteiger partial charge in [0.05, 0.1) is 17.4 Å². The first-order valence-electron chi connectivity index (χ1n) is 18.9. The number of esters is 1. The van der Waals surface area contributed by atoms with Crippen LogP contribution in [0.4, 0.5) is 4.79 Å². The topological polar surface area (TPSA) is 119 Å². The molecule has 5 fully saturated rings. The molecular weight excluding hydrogens is 606 g/mol. The number of nitrogens with one attached hydrogen (secondary N) is 1. The predicted octanol–water partition coefficient (Wildman–Crippen LogP) is 8.41. The molecule has 8 nitrogen and oxygen atoms in total. The highest BCUT2D eigenvalue weighted by Gasteiger charge is 2.69. The number of hydrogen-bond acceptors (Lipinski definition) is 6. The van der Waals surface area contributed by atoms with E-state index in [1.165, 1.54) is 11.1 Å². The average Bonchev–Trinajstić information content (AvgIpc) is 3.24. The number of aliphatic carboxylic acids is 1. The van der Waals surface area contributed by atoms with Gasteiger partial charge >= 0.3 is 18.0 Å². The molecule has 0 saturated heterocycles. The van der Waals surface area contributed by atoms with Gasteiger partial charge in [0.1, 0.15) is 18.0 Å². The number of carboxylic acid groups (broad SMARTS) is 1. The van der Waals surface area contributed by atoms with Crippen molar-refractivity contribution < 1.29 is 33.8 Å². The van der Waals surface area contributed by atoms with Crippen LogP contribution < -0.4 is 5.32 Å². The van der Waals surface area contributed by atoms with E-state index in [2.05, 4.69) is 53.8 Å². The number of hydrogen-bond donors (Lipinski definition) is 2. The Morgan fingerprint density at radius 2 is 1.60 bits per heavy atom. The molecule has 0 bridgehead atoms. The molecule has 6 aliphatic rings. The van der Waals surface area contributed by atoms with Crippen molar-refractivity contribution in [3.8, 4) is 0 Å². The quantitative estimate of drug-likeness (QED) is 0.207. The lowest BCUT2D eigenvalue weighted by molar-refractivity contribution is -0.214. The fraction of sp³-hybridized carbons (Fsp3) is 0.850. The summed E-state index contributed by atoms with van der Waals surface area (Å²) in [5, 5.41) is 12.9. The number of carbonyl (C=O) groups excluding carboxylic acids is 3. The van der Waals surface area contributed by atoms with Gasteiger partial charge in [0, 0.05) is 17.8 Å². The molecular formula is C40H61NO7. The second kappa shape index (κ2) is 11.6. The van der Waals surface area contributed by atoms with Crippen molar-refractivity contribution in [3.63, 3.8) is 0 Å². The Bertz CT molecular complexity index is 1410. The maximum atomic E-state index is 13.8. The average molecular weight is 668 g/mol. The molecule has 0 aliphatic heterocycles. The third-order valence-corrected chi connectivity index (χ3v) is 15.4. The van der Waals surface area contributed by atoms with Gasteiger partial charge in [-0.15, -0.1) is 0 Å². The van der Waals surface area contributed by atoms with Crippen LogP contribution in [0.15, 0.2) is 11.1 Å². The van der Waals surface area contributed by atoms with Gasteiger partial charge in [-0.1, -0.05) is 54.0 Å². The Kier molecular flexibility index (Phi) is 8.55. The third-order valence-electron chi connectivity index (χ3n) is 15.4. The van der Waals surface area contributed by atoms with Crippen molar-refractivity contribution in [2.45, 2.75) is 164 Å². The molecule has 0 heterocycles. The Hall–Kier alpha value is -2.38. The highest BCUT2D eigenvalue weighted by molar-refractivity contribution is 5.92. The van der Waals surface area contributed by atoms with E-state index in [0.29, 0.717) is 18.3 Å². The fourth-order valence-corrected chi connectivity index (χ4v) is 12.3. The highest BCUT2D eigenvalue weighted by Crippen LogP contribution is 2.75. The third kappa shape index (κ3) is 5.18. The summed E-state index contributed by atoms with van der Waals surface area (Å²) in [5.41, 5.74) is 0.589. The van der Waals surface area contributed by atoms with Gasteiger partial charge in [0.15, 0.2) is 0 Å². The molecule has 268 valence electrons. The molecule has 6 aliphatic carbocycles. The fourth-order valence-electron chi connectivity index (χ4n) is 12.3. The number of allylic oxidation sites excluding steroid dienone is 1. The van der Waals surface area contributed by atoms with E-state index in [1.54, 1.807) is 13.8 Å². The molecule has 8 atom stereocenters. The summed E-state index contributed by atoms with van der Waals surface area (Å²) >= 11 is 0. The van der Waals surface area contributed by atoms with Gasteiger partial charge in [-0.25, -0.2) is 4.79 Å². The van der Waals surface area contributed by atoms with Crippen LogP contribution in [0.25, 0.3) is 0 Å². The summed E-state index contributed by atoms with van der Waals surface area (Å²) in [6.07, 6.45) is 10.1. The highest BCUT2D eigenvalue weighted by atomic mass is 16.6. The largest absolute Gasteiger partial charge is 0.481 e. The van der Waals surface area contributed by atoms with E-state index in [0.717, 1.165) is 70.6 Å². The second-order valence-corrected chi connectivity index (χ2v) is 19.1. The lowest BCUT2D eigenvalue weighted by Crippen LogP contribution is -2.65.